The highest BCUT2D eigenvalue weighted by molar-refractivity contribution is 9.10. The molecule has 164 valence electrons. The molecule has 2 N–H and O–H groups in total. The predicted molar refractivity (Wildman–Crippen MR) is 129 cm³/mol. The van der Waals surface area contributed by atoms with Crippen molar-refractivity contribution in [3.63, 3.8) is 0 Å². The second-order valence-corrected chi connectivity index (χ2v) is 9.58. The average molecular weight is 512 g/mol. The fourth-order valence-corrected chi connectivity index (χ4v) is 5.44. The molecule has 0 radical (unpaired) electrons. The van der Waals surface area contributed by atoms with Gasteiger partial charge in [0.25, 0.3) is 0 Å². The Hall–Kier alpha value is -2.77. The van der Waals surface area contributed by atoms with Gasteiger partial charge in [-0.3, -0.25) is 0 Å². The van der Waals surface area contributed by atoms with E-state index in [4.69, 9.17) is 4.74 Å². The average Bonchev–Trinajstić information content (AvgIpc) is 3.10. The van der Waals surface area contributed by atoms with Crippen molar-refractivity contribution in [3.8, 4) is 11.1 Å². The number of fused-ring (bicyclic) bond motifs is 3. The van der Waals surface area contributed by atoms with Crippen molar-refractivity contribution in [2.45, 2.75) is 23.8 Å². The molecule has 1 aliphatic rings. The van der Waals surface area contributed by atoms with E-state index in [1.54, 1.807) is 12.1 Å². The fourth-order valence-electron chi connectivity index (χ4n) is 4.06. The maximum Gasteiger partial charge on any atom is 0.408 e. The molecule has 1 aliphatic carbocycles. The van der Waals surface area contributed by atoms with Gasteiger partial charge in [0, 0.05) is 15.3 Å². The molecule has 0 spiro atoms. The summed E-state index contributed by atoms with van der Waals surface area (Å²) < 4.78 is 6.39. The molecule has 1 amide bonds. The summed E-state index contributed by atoms with van der Waals surface area (Å²) in [6, 6.07) is 20.3. The van der Waals surface area contributed by atoms with E-state index in [9.17, 15) is 14.7 Å². The van der Waals surface area contributed by atoms with Crippen LogP contribution >= 0.6 is 27.7 Å². The molecular formula is C25H22BrNO4S. The number of nitrogens with one attached hydrogen (secondary N) is 1. The summed E-state index contributed by atoms with van der Waals surface area (Å²) >= 11 is 4.94. The van der Waals surface area contributed by atoms with E-state index in [1.165, 1.54) is 11.8 Å². The molecule has 3 aromatic carbocycles. The van der Waals surface area contributed by atoms with Gasteiger partial charge in [0.2, 0.25) is 0 Å². The van der Waals surface area contributed by atoms with Crippen molar-refractivity contribution >= 4 is 39.8 Å². The quantitative estimate of drug-likeness (QED) is 0.368. The molecule has 5 nitrogen and oxygen atoms in total. The lowest BCUT2D eigenvalue weighted by Gasteiger charge is -2.19. The first-order valence-electron chi connectivity index (χ1n) is 10.3. The largest absolute Gasteiger partial charge is 0.479 e. The van der Waals surface area contributed by atoms with Crippen molar-refractivity contribution < 1.29 is 19.4 Å². The van der Waals surface area contributed by atoms with E-state index in [1.807, 2.05) is 49.4 Å². The van der Waals surface area contributed by atoms with Crippen LogP contribution in [-0.4, -0.2) is 29.5 Å². The van der Waals surface area contributed by atoms with E-state index in [2.05, 4.69) is 33.4 Å². The number of thioether (sulfide) groups is 1. The lowest BCUT2D eigenvalue weighted by Crippen LogP contribution is -2.35. The number of amides is 1. The number of carboxylic acid groups (broad SMARTS) is 1. The van der Waals surface area contributed by atoms with Gasteiger partial charge in [-0.25, -0.2) is 9.59 Å². The van der Waals surface area contributed by atoms with Crippen LogP contribution in [-0.2, 0) is 9.53 Å². The van der Waals surface area contributed by atoms with E-state index < -0.39 is 18.1 Å². The zero-order valence-electron chi connectivity index (χ0n) is 17.4. The molecular weight excluding hydrogens is 490 g/mol. The van der Waals surface area contributed by atoms with E-state index in [0.29, 0.717) is 5.56 Å². The first-order valence-corrected chi connectivity index (χ1v) is 12.0. The van der Waals surface area contributed by atoms with E-state index >= 15 is 0 Å². The molecule has 0 fully saturated rings. The van der Waals surface area contributed by atoms with Crippen LogP contribution in [0.1, 0.15) is 35.6 Å². The van der Waals surface area contributed by atoms with Crippen molar-refractivity contribution in [1.82, 2.24) is 5.32 Å². The molecule has 0 bridgehead atoms. The van der Waals surface area contributed by atoms with Crippen LogP contribution in [0, 0.1) is 0 Å². The topological polar surface area (TPSA) is 75.6 Å². The number of ether oxygens (including phenoxy) is 1. The number of carbonyl (C=O) groups excluding carboxylic acids is 1. The highest BCUT2D eigenvalue weighted by Gasteiger charge is 2.30. The van der Waals surface area contributed by atoms with Crippen molar-refractivity contribution in [3.05, 3.63) is 87.9 Å². The van der Waals surface area contributed by atoms with Gasteiger partial charge < -0.3 is 15.2 Å². The van der Waals surface area contributed by atoms with Gasteiger partial charge in [0.1, 0.15) is 6.61 Å². The fraction of sp³-hybridized carbons (Fsp3) is 0.200. The van der Waals surface area contributed by atoms with Crippen molar-refractivity contribution in [2.75, 3.05) is 12.4 Å². The maximum absolute atomic E-state index is 12.6. The van der Waals surface area contributed by atoms with Crippen LogP contribution < -0.4 is 5.32 Å². The van der Waals surface area contributed by atoms with Crippen LogP contribution in [0.15, 0.2) is 76.1 Å². The minimum Gasteiger partial charge on any atom is -0.479 e. The van der Waals surface area contributed by atoms with E-state index in [0.717, 1.165) is 37.4 Å². The van der Waals surface area contributed by atoms with Crippen LogP contribution in [0.2, 0.25) is 0 Å². The SMILES string of the molecule is CCSc1cc(Br)ccc1C(NC(=O)OCC1c2ccccc2-c2ccccc21)C(=O)O. The van der Waals surface area contributed by atoms with E-state index in [-0.39, 0.29) is 12.5 Å². The highest BCUT2D eigenvalue weighted by Crippen LogP contribution is 2.44. The lowest BCUT2D eigenvalue weighted by atomic mass is 9.98. The number of rotatable bonds is 7. The molecule has 7 heteroatoms. The third kappa shape index (κ3) is 4.54. The summed E-state index contributed by atoms with van der Waals surface area (Å²) in [6.07, 6.45) is -0.755. The first-order chi connectivity index (χ1) is 15.5. The van der Waals surface area contributed by atoms with Gasteiger partial charge in [0.05, 0.1) is 0 Å². The number of aliphatic carboxylic acids is 1. The minimum atomic E-state index is -1.20. The molecule has 0 aromatic heterocycles. The van der Waals surface area contributed by atoms with Gasteiger partial charge in [-0.05, 0) is 45.7 Å². The summed E-state index contributed by atoms with van der Waals surface area (Å²) in [5, 5.41) is 12.3. The number of hydrogen-bond acceptors (Lipinski definition) is 4. The normalized spacial score (nSPS) is 13.2. The Bertz CT molecular complexity index is 1120. The van der Waals surface area contributed by atoms with Crippen molar-refractivity contribution in [2.24, 2.45) is 0 Å². The predicted octanol–water partition coefficient (Wildman–Crippen LogP) is 6.23. The Morgan fingerprint density at radius 2 is 1.69 bits per heavy atom. The van der Waals surface area contributed by atoms with Crippen LogP contribution in [0.3, 0.4) is 0 Å². The number of benzene rings is 3. The summed E-state index contributed by atoms with van der Waals surface area (Å²) in [4.78, 5) is 25.4. The molecule has 1 unspecified atom stereocenters. The molecule has 1 atom stereocenters. The zero-order valence-corrected chi connectivity index (χ0v) is 19.8. The molecule has 0 saturated carbocycles. The smallest absolute Gasteiger partial charge is 0.408 e. The Labute approximate surface area is 199 Å². The number of hydrogen-bond donors (Lipinski definition) is 2. The monoisotopic (exact) mass is 511 g/mol. The van der Waals surface area contributed by atoms with Gasteiger partial charge in [-0.15, -0.1) is 11.8 Å². The summed E-state index contributed by atoms with van der Waals surface area (Å²) in [7, 11) is 0. The molecule has 4 rings (SSSR count). The lowest BCUT2D eigenvalue weighted by molar-refractivity contribution is -0.139. The third-order valence-corrected chi connectivity index (χ3v) is 6.89. The zero-order chi connectivity index (χ0) is 22.7. The number of halogens is 1. The summed E-state index contributed by atoms with van der Waals surface area (Å²) in [5.74, 6) is -0.449. The first kappa shape index (κ1) is 22.4. The number of carboxylic acids is 1. The minimum absolute atomic E-state index is 0.0877. The third-order valence-electron chi connectivity index (χ3n) is 5.44. The Balaban J connectivity index is 1.51. The van der Waals surface area contributed by atoms with Crippen LogP contribution in [0.5, 0.6) is 0 Å². The van der Waals surface area contributed by atoms with Crippen LogP contribution in [0.4, 0.5) is 4.79 Å². The standard InChI is InChI=1S/C25H22BrNO4S/c1-2-32-22-13-15(26)11-12-20(22)23(24(28)29)27-25(30)31-14-21-18-9-5-3-7-16(18)17-8-4-6-10-19(17)21/h3-13,21,23H,2,14H2,1H3,(H,27,30)(H,28,29). The number of alkyl carbamates (subject to hydrolysis) is 1. The molecule has 3 aromatic rings. The molecule has 0 heterocycles. The Morgan fingerprint density at radius 3 is 2.28 bits per heavy atom. The summed E-state index contributed by atoms with van der Waals surface area (Å²) in [6.45, 7) is 2.12. The summed E-state index contributed by atoms with van der Waals surface area (Å²) in [5.41, 5.74) is 5.01. The van der Waals surface area contributed by atoms with Crippen LogP contribution in [0.25, 0.3) is 11.1 Å². The van der Waals surface area contributed by atoms with Gasteiger partial charge in [0.15, 0.2) is 6.04 Å². The Morgan fingerprint density at radius 1 is 1.06 bits per heavy atom. The number of carbonyl (C=O) groups is 2. The van der Waals surface area contributed by atoms with Gasteiger partial charge >= 0.3 is 12.1 Å². The van der Waals surface area contributed by atoms with Gasteiger partial charge in [-0.2, -0.15) is 0 Å². The van der Waals surface area contributed by atoms with Crippen molar-refractivity contribution in [1.29, 1.82) is 0 Å². The molecule has 0 saturated heterocycles. The molecule has 0 aliphatic heterocycles. The van der Waals surface area contributed by atoms with Gasteiger partial charge in [-0.1, -0.05) is 77.5 Å². The second-order valence-electron chi connectivity index (χ2n) is 7.36. The maximum atomic E-state index is 12.6. The Kier molecular flexibility index (Phi) is 6.86. The second kappa shape index (κ2) is 9.79. The highest BCUT2D eigenvalue weighted by atomic mass is 79.9. The molecule has 32 heavy (non-hydrogen) atoms.